The summed E-state index contributed by atoms with van der Waals surface area (Å²) in [4.78, 5) is 48.3. The average Bonchev–Trinajstić information content (AvgIpc) is 3.29. The minimum atomic E-state index is -0.584. The second kappa shape index (κ2) is 11.3. The zero-order valence-electron chi connectivity index (χ0n) is 21.8. The van der Waals surface area contributed by atoms with Gasteiger partial charge in [0.2, 0.25) is 11.8 Å². The SMILES string of the molecule is CCOC(=O)C1=C(C)N=C2SC=C(CC(=O)N3CCN(C(C)=O)CC3)N2[C@H]1c1cc(OC)cc(OC)c1. The van der Waals surface area contributed by atoms with Crippen molar-refractivity contribution in [3.8, 4) is 11.5 Å². The Morgan fingerprint density at radius 1 is 1.03 bits per heavy atom. The van der Waals surface area contributed by atoms with Gasteiger partial charge in [-0.1, -0.05) is 11.8 Å². The molecule has 0 radical (unpaired) electrons. The second-order valence-corrected chi connectivity index (χ2v) is 9.66. The van der Waals surface area contributed by atoms with E-state index in [1.165, 1.54) is 11.8 Å². The Balaban J connectivity index is 1.67. The summed E-state index contributed by atoms with van der Waals surface area (Å²) in [5.74, 6) is 0.674. The molecule has 0 bridgehead atoms. The van der Waals surface area contributed by atoms with Crippen LogP contribution in [0.15, 0.2) is 45.6 Å². The van der Waals surface area contributed by atoms with Gasteiger partial charge in [0.05, 0.1) is 44.6 Å². The molecule has 4 rings (SSSR count). The quantitative estimate of drug-likeness (QED) is 0.498. The number of carbonyl (C=O) groups is 3. The summed E-state index contributed by atoms with van der Waals surface area (Å²) < 4.78 is 16.4. The van der Waals surface area contributed by atoms with Crippen LogP contribution >= 0.6 is 11.8 Å². The van der Waals surface area contributed by atoms with Gasteiger partial charge in [0, 0.05) is 44.9 Å². The summed E-state index contributed by atoms with van der Waals surface area (Å²) in [6.07, 6.45) is 0.138. The number of amides is 2. The molecule has 0 spiro atoms. The van der Waals surface area contributed by atoms with Gasteiger partial charge in [-0.25, -0.2) is 9.79 Å². The Morgan fingerprint density at radius 2 is 1.65 bits per heavy atom. The van der Waals surface area contributed by atoms with E-state index in [2.05, 4.69) is 4.99 Å². The zero-order valence-corrected chi connectivity index (χ0v) is 22.6. The fraction of sp³-hybridized carbons (Fsp3) is 0.462. The van der Waals surface area contributed by atoms with Crippen LogP contribution in [0.25, 0.3) is 0 Å². The molecule has 10 nitrogen and oxygen atoms in total. The maximum absolute atomic E-state index is 13.3. The summed E-state index contributed by atoms with van der Waals surface area (Å²) in [5, 5.41) is 2.59. The Morgan fingerprint density at radius 3 is 2.22 bits per heavy atom. The molecule has 198 valence electrons. The van der Waals surface area contributed by atoms with Crippen molar-refractivity contribution in [1.29, 1.82) is 0 Å². The topological polar surface area (TPSA) is 101 Å². The van der Waals surface area contributed by atoms with Crippen molar-refractivity contribution in [2.24, 2.45) is 4.99 Å². The molecule has 1 fully saturated rings. The van der Waals surface area contributed by atoms with Gasteiger partial charge in [-0.2, -0.15) is 0 Å². The summed E-state index contributed by atoms with van der Waals surface area (Å²) in [6, 6.07) is 4.89. The molecule has 2 amide bonds. The molecular weight excluding hydrogens is 496 g/mol. The van der Waals surface area contributed by atoms with Gasteiger partial charge in [0.25, 0.3) is 0 Å². The fourth-order valence-electron chi connectivity index (χ4n) is 4.68. The van der Waals surface area contributed by atoms with Crippen molar-refractivity contribution in [3.05, 3.63) is 46.1 Å². The fourth-order valence-corrected chi connectivity index (χ4v) is 5.64. The van der Waals surface area contributed by atoms with Gasteiger partial charge < -0.3 is 28.9 Å². The first kappa shape index (κ1) is 26.6. The van der Waals surface area contributed by atoms with Gasteiger partial charge in [-0.15, -0.1) is 0 Å². The molecule has 3 aliphatic rings. The van der Waals surface area contributed by atoms with E-state index in [0.29, 0.717) is 54.1 Å². The highest BCUT2D eigenvalue weighted by Gasteiger charge is 2.42. The minimum absolute atomic E-state index is 0.0152. The smallest absolute Gasteiger partial charge is 0.338 e. The molecule has 3 heterocycles. The number of allylic oxidation sites excluding steroid dienone is 1. The molecule has 37 heavy (non-hydrogen) atoms. The maximum atomic E-state index is 13.3. The number of nitrogens with zero attached hydrogens (tertiary/aromatic N) is 4. The largest absolute Gasteiger partial charge is 0.497 e. The number of hydrogen-bond acceptors (Lipinski definition) is 9. The van der Waals surface area contributed by atoms with Crippen LogP contribution in [0.5, 0.6) is 11.5 Å². The molecule has 0 unspecified atom stereocenters. The van der Waals surface area contributed by atoms with Crippen LogP contribution in [0.1, 0.15) is 38.8 Å². The Hall–Kier alpha value is -3.47. The van der Waals surface area contributed by atoms with Gasteiger partial charge in [0.15, 0.2) is 5.17 Å². The summed E-state index contributed by atoms with van der Waals surface area (Å²) >= 11 is 1.42. The van der Waals surface area contributed by atoms with Crippen LogP contribution in [-0.2, 0) is 19.1 Å². The van der Waals surface area contributed by atoms with Crippen LogP contribution in [0.3, 0.4) is 0 Å². The number of amidine groups is 1. The molecule has 1 saturated heterocycles. The maximum Gasteiger partial charge on any atom is 0.338 e. The van der Waals surface area contributed by atoms with Gasteiger partial charge in [-0.3, -0.25) is 9.59 Å². The van der Waals surface area contributed by atoms with Crippen LogP contribution in [0.2, 0.25) is 0 Å². The van der Waals surface area contributed by atoms with Crippen molar-refractivity contribution in [3.63, 3.8) is 0 Å². The van der Waals surface area contributed by atoms with Gasteiger partial charge in [-0.05, 0) is 37.0 Å². The molecule has 0 aromatic heterocycles. The normalized spacial score (nSPS) is 19.3. The summed E-state index contributed by atoms with van der Waals surface area (Å²) in [5.41, 5.74) is 2.45. The number of benzene rings is 1. The van der Waals surface area contributed by atoms with E-state index in [9.17, 15) is 14.4 Å². The Labute approximate surface area is 220 Å². The standard InChI is InChI=1S/C26H32N4O6S/c1-6-36-25(33)23-16(2)27-26-30(24(23)18-11-20(34-4)14-21(12-18)35-5)19(15-37-26)13-22(32)29-9-7-28(8-10-29)17(3)31/h11-12,14-15,24H,6-10,13H2,1-5H3/t24-/m0/s1. The molecular formula is C26H32N4O6S. The van der Waals surface area contributed by atoms with E-state index < -0.39 is 12.0 Å². The predicted octanol–water partition coefficient (Wildman–Crippen LogP) is 2.92. The predicted molar refractivity (Wildman–Crippen MR) is 140 cm³/mol. The Kier molecular flexibility index (Phi) is 8.11. The average molecular weight is 529 g/mol. The van der Waals surface area contributed by atoms with E-state index in [0.717, 1.165) is 11.3 Å². The third-order valence-corrected chi connectivity index (χ3v) is 7.48. The van der Waals surface area contributed by atoms with E-state index in [-0.39, 0.29) is 24.8 Å². The lowest BCUT2D eigenvalue weighted by molar-refractivity contribution is -0.139. The lowest BCUT2D eigenvalue weighted by atomic mass is 9.93. The molecule has 1 atom stereocenters. The van der Waals surface area contributed by atoms with Gasteiger partial charge in [0.1, 0.15) is 11.5 Å². The number of thioether (sulfide) groups is 1. The van der Waals surface area contributed by atoms with Crippen LogP contribution in [0, 0.1) is 0 Å². The number of fused-ring (bicyclic) bond motifs is 1. The van der Waals surface area contributed by atoms with E-state index in [4.69, 9.17) is 14.2 Å². The lowest BCUT2D eigenvalue weighted by Gasteiger charge is -2.38. The van der Waals surface area contributed by atoms with Crippen LogP contribution < -0.4 is 9.47 Å². The van der Waals surface area contributed by atoms with Crippen molar-refractivity contribution in [2.75, 3.05) is 47.0 Å². The van der Waals surface area contributed by atoms with Crippen molar-refractivity contribution in [1.82, 2.24) is 14.7 Å². The van der Waals surface area contributed by atoms with Gasteiger partial charge >= 0.3 is 5.97 Å². The molecule has 3 aliphatic heterocycles. The summed E-state index contributed by atoms with van der Waals surface area (Å²) in [7, 11) is 3.14. The zero-order chi connectivity index (χ0) is 26.7. The van der Waals surface area contributed by atoms with Crippen LogP contribution in [0.4, 0.5) is 0 Å². The highest BCUT2D eigenvalue weighted by Crippen LogP contribution is 2.46. The molecule has 0 aliphatic carbocycles. The minimum Gasteiger partial charge on any atom is -0.497 e. The molecule has 0 N–H and O–H groups in total. The number of methoxy groups -OCH3 is 2. The molecule has 1 aromatic rings. The number of piperazine rings is 1. The van der Waals surface area contributed by atoms with Crippen molar-refractivity contribution >= 4 is 34.7 Å². The summed E-state index contributed by atoms with van der Waals surface area (Å²) in [6.45, 7) is 7.34. The van der Waals surface area contributed by atoms with Crippen molar-refractivity contribution < 1.29 is 28.6 Å². The van der Waals surface area contributed by atoms with E-state index in [1.54, 1.807) is 50.9 Å². The second-order valence-electron chi connectivity index (χ2n) is 8.82. The number of ether oxygens (including phenoxy) is 3. The number of carbonyl (C=O) groups excluding carboxylic acids is 3. The molecule has 11 heteroatoms. The number of rotatable bonds is 7. The van der Waals surface area contributed by atoms with E-state index >= 15 is 0 Å². The number of esters is 1. The third-order valence-electron chi connectivity index (χ3n) is 6.60. The van der Waals surface area contributed by atoms with Crippen LogP contribution in [-0.4, -0.2) is 84.7 Å². The highest BCUT2D eigenvalue weighted by molar-refractivity contribution is 8.16. The first-order valence-corrected chi connectivity index (χ1v) is 13.0. The molecule has 1 aromatic carbocycles. The lowest BCUT2D eigenvalue weighted by Crippen LogP contribution is -2.50. The highest BCUT2D eigenvalue weighted by atomic mass is 32.2. The monoisotopic (exact) mass is 528 g/mol. The number of aliphatic imine (C=N–C) groups is 1. The third kappa shape index (κ3) is 5.46. The van der Waals surface area contributed by atoms with E-state index in [1.807, 2.05) is 22.4 Å². The first-order valence-electron chi connectivity index (χ1n) is 12.1. The van der Waals surface area contributed by atoms with Crippen molar-refractivity contribution in [2.45, 2.75) is 33.2 Å². The number of hydrogen-bond donors (Lipinski definition) is 0. The first-order chi connectivity index (χ1) is 17.8. The molecule has 0 saturated carbocycles. The Bertz CT molecular complexity index is 1160.